The fourth-order valence-corrected chi connectivity index (χ4v) is 2.14. The highest BCUT2D eigenvalue weighted by atomic mass is 35.5. The maximum absolute atomic E-state index is 13.6. The number of halogens is 4. The number of benzene rings is 1. The summed E-state index contributed by atoms with van der Waals surface area (Å²) in [6.45, 7) is 3.92. The van der Waals surface area contributed by atoms with Gasteiger partial charge in [0.05, 0.1) is 10.4 Å². The number of rotatable bonds is 2. The van der Waals surface area contributed by atoms with E-state index in [0.717, 1.165) is 0 Å². The number of hydrogen-bond acceptors (Lipinski definition) is 1. The predicted octanol–water partition coefficient (Wildman–Crippen LogP) is 4.50. The van der Waals surface area contributed by atoms with Crippen molar-refractivity contribution in [3.05, 3.63) is 40.3 Å². The fraction of sp³-hybridized carbons (Fsp3) is 0.308. The van der Waals surface area contributed by atoms with Crippen LogP contribution in [0.3, 0.4) is 0 Å². The molecule has 0 saturated carbocycles. The fourth-order valence-electron chi connectivity index (χ4n) is 1.83. The van der Waals surface area contributed by atoms with Crippen molar-refractivity contribution >= 4 is 22.5 Å². The second kappa shape index (κ2) is 4.76. The van der Waals surface area contributed by atoms with Crippen LogP contribution in [0, 0.1) is 23.4 Å². The Kier molecular flexibility index (Phi) is 3.48. The van der Waals surface area contributed by atoms with E-state index in [-0.39, 0.29) is 21.8 Å². The minimum atomic E-state index is -1.26. The van der Waals surface area contributed by atoms with Gasteiger partial charge in [-0.1, -0.05) is 25.4 Å². The third kappa shape index (κ3) is 2.29. The van der Waals surface area contributed by atoms with Crippen molar-refractivity contribution in [1.82, 2.24) is 4.98 Å². The van der Waals surface area contributed by atoms with E-state index < -0.39 is 17.5 Å². The van der Waals surface area contributed by atoms with Crippen molar-refractivity contribution in [3.8, 4) is 0 Å². The predicted molar refractivity (Wildman–Crippen MR) is 65.2 cm³/mol. The lowest BCUT2D eigenvalue weighted by molar-refractivity contribution is 0.503. The maximum Gasteiger partial charge on any atom is 0.185 e. The van der Waals surface area contributed by atoms with Gasteiger partial charge in [0.2, 0.25) is 0 Å². The summed E-state index contributed by atoms with van der Waals surface area (Å²) in [4.78, 5) is 3.96. The van der Waals surface area contributed by atoms with E-state index in [1.165, 1.54) is 6.07 Å². The zero-order valence-electron chi connectivity index (χ0n) is 9.90. The molecule has 2 rings (SSSR count). The van der Waals surface area contributed by atoms with Gasteiger partial charge in [-0.2, -0.15) is 0 Å². The summed E-state index contributed by atoms with van der Waals surface area (Å²) in [5.74, 6) is -3.05. The molecule has 0 atom stereocenters. The molecule has 1 heterocycles. The zero-order chi connectivity index (χ0) is 13.4. The van der Waals surface area contributed by atoms with E-state index >= 15 is 0 Å². The Hall–Kier alpha value is -1.29. The second-order valence-corrected chi connectivity index (χ2v) is 4.98. The van der Waals surface area contributed by atoms with Crippen molar-refractivity contribution in [1.29, 1.82) is 0 Å². The number of nitrogens with zero attached hydrogens (tertiary/aromatic N) is 1. The van der Waals surface area contributed by atoms with E-state index in [4.69, 9.17) is 11.6 Å². The lowest BCUT2D eigenvalue weighted by Gasteiger charge is -2.09. The summed E-state index contributed by atoms with van der Waals surface area (Å²) in [7, 11) is 0. The average Bonchev–Trinajstić information content (AvgIpc) is 2.24. The van der Waals surface area contributed by atoms with Crippen LogP contribution in [0.1, 0.15) is 19.5 Å². The molecule has 0 fully saturated rings. The van der Waals surface area contributed by atoms with Gasteiger partial charge in [-0.3, -0.25) is 0 Å². The molecular weight excluding hydrogens is 263 g/mol. The number of hydrogen-bond donors (Lipinski definition) is 0. The van der Waals surface area contributed by atoms with E-state index in [1.807, 2.05) is 13.8 Å². The van der Waals surface area contributed by atoms with Crippen LogP contribution in [0.2, 0.25) is 5.02 Å². The van der Waals surface area contributed by atoms with Crippen LogP contribution >= 0.6 is 11.6 Å². The first-order chi connectivity index (χ1) is 8.40. The largest absolute Gasteiger partial charge is 0.249 e. The molecule has 0 aliphatic rings. The van der Waals surface area contributed by atoms with Gasteiger partial charge in [-0.25, -0.2) is 18.2 Å². The third-order valence-electron chi connectivity index (χ3n) is 2.55. The first kappa shape index (κ1) is 13.1. The van der Waals surface area contributed by atoms with Gasteiger partial charge in [0.15, 0.2) is 11.6 Å². The van der Waals surface area contributed by atoms with Gasteiger partial charge in [0.25, 0.3) is 0 Å². The summed E-state index contributed by atoms with van der Waals surface area (Å²) < 4.78 is 40.3. The number of fused-ring (bicyclic) bond motifs is 1. The Labute approximate surface area is 108 Å². The molecule has 0 spiro atoms. The average molecular weight is 274 g/mol. The van der Waals surface area contributed by atoms with Gasteiger partial charge in [0, 0.05) is 11.8 Å². The van der Waals surface area contributed by atoms with Gasteiger partial charge < -0.3 is 0 Å². The van der Waals surface area contributed by atoms with Gasteiger partial charge in [-0.05, 0) is 18.4 Å². The van der Waals surface area contributed by atoms with Crippen LogP contribution in [-0.2, 0) is 6.42 Å². The standard InChI is InChI=1S/C13H11ClF3N/c1-6(2)3-7-4-8(14)11-9(15)5-10(16)12(17)13(11)18-7/h4-6H,3H2,1-2H3. The molecule has 0 saturated heterocycles. The first-order valence-corrected chi connectivity index (χ1v) is 5.90. The highest BCUT2D eigenvalue weighted by Crippen LogP contribution is 2.29. The molecule has 0 bridgehead atoms. The van der Waals surface area contributed by atoms with Crippen molar-refractivity contribution in [2.24, 2.45) is 5.92 Å². The van der Waals surface area contributed by atoms with Crippen molar-refractivity contribution in [3.63, 3.8) is 0 Å². The molecule has 0 amide bonds. The minimum absolute atomic E-state index is 0.0482. The number of aromatic nitrogens is 1. The third-order valence-corrected chi connectivity index (χ3v) is 2.85. The summed E-state index contributed by atoms with van der Waals surface area (Å²) in [5, 5.41) is -0.130. The lowest BCUT2D eigenvalue weighted by atomic mass is 10.1. The molecule has 1 nitrogen and oxygen atoms in total. The second-order valence-electron chi connectivity index (χ2n) is 4.57. The molecule has 2 aromatic rings. The molecule has 0 aliphatic heterocycles. The van der Waals surface area contributed by atoms with Crippen LogP contribution < -0.4 is 0 Å². The Bertz CT molecular complexity index is 611. The minimum Gasteiger partial charge on any atom is -0.249 e. The quantitative estimate of drug-likeness (QED) is 0.734. The molecule has 0 radical (unpaired) electrons. The molecule has 1 aromatic heterocycles. The van der Waals surface area contributed by atoms with E-state index in [0.29, 0.717) is 18.2 Å². The van der Waals surface area contributed by atoms with E-state index in [2.05, 4.69) is 4.98 Å². The molecule has 18 heavy (non-hydrogen) atoms. The molecule has 0 aliphatic carbocycles. The topological polar surface area (TPSA) is 12.9 Å². The highest BCUT2D eigenvalue weighted by Gasteiger charge is 2.17. The first-order valence-electron chi connectivity index (χ1n) is 5.52. The van der Waals surface area contributed by atoms with Crippen molar-refractivity contribution in [2.45, 2.75) is 20.3 Å². The number of pyridine rings is 1. The maximum atomic E-state index is 13.6. The van der Waals surface area contributed by atoms with Crippen LogP contribution in [0.5, 0.6) is 0 Å². The van der Waals surface area contributed by atoms with Crippen molar-refractivity contribution < 1.29 is 13.2 Å². The summed E-state index contributed by atoms with van der Waals surface area (Å²) in [6.07, 6.45) is 0.563. The zero-order valence-corrected chi connectivity index (χ0v) is 10.7. The Morgan fingerprint density at radius 1 is 1.17 bits per heavy atom. The van der Waals surface area contributed by atoms with E-state index in [9.17, 15) is 13.2 Å². The van der Waals surface area contributed by atoms with Crippen molar-refractivity contribution in [2.75, 3.05) is 0 Å². The normalized spacial score (nSPS) is 11.5. The summed E-state index contributed by atoms with van der Waals surface area (Å²) in [6, 6.07) is 1.97. The summed E-state index contributed by atoms with van der Waals surface area (Å²) >= 11 is 5.91. The Balaban J connectivity index is 2.74. The molecule has 1 aromatic carbocycles. The summed E-state index contributed by atoms with van der Waals surface area (Å²) in [5.41, 5.74) is 0.169. The molecular formula is C13H11ClF3N. The van der Waals surface area contributed by atoms with Gasteiger partial charge in [0.1, 0.15) is 11.3 Å². The van der Waals surface area contributed by atoms with E-state index in [1.54, 1.807) is 0 Å². The van der Waals surface area contributed by atoms with Crippen LogP contribution in [-0.4, -0.2) is 4.98 Å². The SMILES string of the molecule is CC(C)Cc1cc(Cl)c2c(F)cc(F)c(F)c2n1. The van der Waals surface area contributed by atoms with Gasteiger partial charge >= 0.3 is 0 Å². The molecule has 0 unspecified atom stereocenters. The smallest absolute Gasteiger partial charge is 0.185 e. The molecule has 96 valence electrons. The lowest BCUT2D eigenvalue weighted by Crippen LogP contribution is -2.01. The molecule has 5 heteroatoms. The van der Waals surface area contributed by atoms with Gasteiger partial charge in [-0.15, -0.1) is 0 Å². The Morgan fingerprint density at radius 3 is 2.44 bits per heavy atom. The van der Waals surface area contributed by atoms with Crippen LogP contribution in [0.15, 0.2) is 12.1 Å². The molecule has 0 N–H and O–H groups in total. The Morgan fingerprint density at radius 2 is 1.83 bits per heavy atom. The van der Waals surface area contributed by atoms with Crippen LogP contribution in [0.25, 0.3) is 10.9 Å². The van der Waals surface area contributed by atoms with Crippen LogP contribution in [0.4, 0.5) is 13.2 Å². The highest BCUT2D eigenvalue weighted by molar-refractivity contribution is 6.35. The monoisotopic (exact) mass is 273 g/mol.